The molecular weight excluding hydrogens is 472 g/mol. The van der Waals surface area contributed by atoms with Gasteiger partial charge in [0, 0.05) is 16.1 Å². The largest absolute Gasteiger partial charge is 0.487 e. The summed E-state index contributed by atoms with van der Waals surface area (Å²) in [5.74, 6) is -0.650. The molecule has 0 spiro atoms. The molecule has 0 aromatic heterocycles. The molecule has 0 bridgehead atoms. The fourth-order valence-electron chi connectivity index (χ4n) is 3.14. The molecular formula is C24H16Cl2FNO3S. The van der Waals surface area contributed by atoms with Crippen LogP contribution in [0.25, 0.3) is 6.08 Å². The third-order valence-electron chi connectivity index (χ3n) is 4.71. The molecule has 162 valence electrons. The molecule has 3 aromatic carbocycles. The maximum absolute atomic E-state index is 14.0. The van der Waals surface area contributed by atoms with Crippen LogP contribution in [0.15, 0.2) is 71.6 Å². The maximum atomic E-state index is 14.0. The SMILES string of the molecule is O=C1S/C(=C\c2cc(Cl)cc(Cl)c2OCc2ccccc2)C(=O)N1Cc1ccccc1F. The minimum absolute atomic E-state index is 0.150. The molecule has 32 heavy (non-hydrogen) atoms. The van der Waals surface area contributed by atoms with Gasteiger partial charge in [-0.1, -0.05) is 71.7 Å². The minimum Gasteiger partial charge on any atom is -0.487 e. The van der Waals surface area contributed by atoms with Crippen molar-refractivity contribution in [2.45, 2.75) is 13.2 Å². The van der Waals surface area contributed by atoms with Gasteiger partial charge in [0.25, 0.3) is 11.1 Å². The number of hydrogen-bond donors (Lipinski definition) is 0. The summed E-state index contributed by atoms with van der Waals surface area (Å²) in [6, 6.07) is 18.7. The van der Waals surface area contributed by atoms with Crippen LogP contribution < -0.4 is 4.74 Å². The van der Waals surface area contributed by atoms with E-state index < -0.39 is 17.0 Å². The van der Waals surface area contributed by atoms with E-state index in [1.54, 1.807) is 24.3 Å². The Bertz CT molecular complexity index is 1220. The Hall–Kier alpha value is -2.80. The van der Waals surface area contributed by atoms with Gasteiger partial charge in [0.05, 0.1) is 16.5 Å². The lowest BCUT2D eigenvalue weighted by Crippen LogP contribution is -2.27. The summed E-state index contributed by atoms with van der Waals surface area (Å²) in [5, 5.41) is 0.161. The van der Waals surface area contributed by atoms with Gasteiger partial charge in [-0.2, -0.15) is 0 Å². The topological polar surface area (TPSA) is 46.6 Å². The molecule has 4 nitrogen and oxygen atoms in total. The van der Waals surface area contributed by atoms with Crippen molar-refractivity contribution in [2.75, 3.05) is 0 Å². The molecule has 8 heteroatoms. The summed E-state index contributed by atoms with van der Waals surface area (Å²) >= 11 is 13.3. The number of amides is 2. The summed E-state index contributed by atoms with van der Waals surface area (Å²) in [5.41, 5.74) is 1.67. The molecule has 1 saturated heterocycles. The van der Waals surface area contributed by atoms with E-state index in [1.807, 2.05) is 30.3 Å². The van der Waals surface area contributed by atoms with Crippen molar-refractivity contribution in [3.05, 3.63) is 104 Å². The lowest BCUT2D eigenvalue weighted by molar-refractivity contribution is -0.123. The van der Waals surface area contributed by atoms with Gasteiger partial charge in [0.2, 0.25) is 0 Å². The number of carbonyl (C=O) groups excluding carboxylic acids is 2. The van der Waals surface area contributed by atoms with E-state index in [0.717, 1.165) is 22.2 Å². The Morgan fingerprint density at radius 3 is 2.47 bits per heavy atom. The average molecular weight is 488 g/mol. The van der Waals surface area contributed by atoms with E-state index in [2.05, 4.69) is 0 Å². The second-order valence-electron chi connectivity index (χ2n) is 6.94. The van der Waals surface area contributed by atoms with Gasteiger partial charge in [-0.05, 0) is 41.6 Å². The molecule has 0 atom stereocenters. The molecule has 0 saturated carbocycles. The molecule has 4 rings (SSSR count). The minimum atomic E-state index is -0.520. The fourth-order valence-corrected chi connectivity index (χ4v) is 4.54. The van der Waals surface area contributed by atoms with Crippen LogP contribution in [-0.2, 0) is 17.9 Å². The third kappa shape index (κ3) is 4.99. The van der Waals surface area contributed by atoms with E-state index in [-0.39, 0.29) is 28.6 Å². The Balaban J connectivity index is 1.61. The van der Waals surface area contributed by atoms with Gasteiger partial charge in [-0.25, -0.2) is 4.39 Å². The second-order valence-corrected chi connectivity index (χ2v) is 8.78. The molecule has 0 aliphatic carbocycles. The smallest absolute Gasteiger partial charge is 0.293 e. The molecule has 2 amide bonds. The summed E-state index contributed by atoms with van der Waals surface area (Å²) in [7, 11) is 0. The van der Waals surface area contributed by atoms with Gasteiger partial charge < -0.3 is 4.74 Å². The lowest BCUT2D eigenvalue weighted by atomic mass is 10.1. The highest BCUT2D eigenvalue weighted by Gasteiger charge is 2.35. The van der Waals surface area contributed by atoms with E-state index in [9.17, 15) is 14.0 Å². The molecule has 0 N–H and O–H groups in total. The first kappa shape index (κ1) is 22.4. The van der Waals surface area contributed by atoms with E-state index >= 15 is 0 Å². The summed E-state index contributed by atoms with van der Waals surface area (Å²) in [6.07, 6.45) is 1.52. The maximum Gasteiger partial charge on any atom is 0.293 e. The van der Waals surface area contributed by atoms with E-state index in [0.29, 0.717) is 16.3 Å². The Kier molecular flexibility index (Phi) is 6.84. The normalized spacial score (nSPS) is 15.0. The van der Waals surface area contributed by atoms with Gasteiger partial charge in [-0.15, -0.1) is 0 Å². The Morgan fingerprint density at radius 1 is 1.00 bits per heavy atom. The van der Waals surface area contributed by atoms with Gasteiger partial charge in [0.15, 0.2) is 0 Å². The second kappa shape index (κ2) is 9.77. The zero-order chi connectivity index (χ0) is 22.7. The number of imide groups is 1. The summed E-state index contributed by atoms with van der Waals surface area (Å²) < 4.78 is 19.9. The number of thioether (sulfide) groups is 1. The number of halogens is 3. The zero-order valence-corrected chi connectivity index (χ0v) is 18.9. The van der Waals surface area contributed by atoms with Crippen LogP contribution in [0.3, 0.4) is 0 Å². The lowest BCUT2D eigenvalue weighted by Gasteiger charge is -2.13. The monoisotopic (exact) mass is 487 g/mol. The van der Waals surface area contributed by atoms with Crippen LogP contribution in [0.5, 0.6) is 5.75 Å². The van der Waals surface area contributed by atoms with Crippen LogP contribution in [0.1, 0.15) is 16.7 Å². The first-order valence-electron chi connectivity index (χ1n) is 9.57. The fraction of sp³-hybridized carbons (Fsp3) is 0.0833. The highest BCUT2D eigenvalue weighted by atomic mass is 35.5. The van der Waals surface area contributed by atoms with Crippen molar-refractivity contribution in [3.8, 4) is 5.75 Å². The van der Waals surface area contributed by atoms with Gasteiger partial charge in [-0.3, -0.25) is 14.5 Å². The number of hydrogen-bond acceptors (Lipinski definition) is 4. The van der Waals surface area contributed by atoms with Crippen molar-refractivity contribution in [2.24, 2.45) is 0 Å². The molecule has 3 aromatic rings. The third-order valence-corrected chi connectivity index (χ3v) is 6.12. The van der Waals surface area contributed by atoms with Crippen molar-refractivity contribution >= 4 is 52.2 Å². The van der Waals surface area contributed by atoms with Crippen molar-refractivity contribution in [1.29, 1.82) is 0 Å². The molecule has 1 heterocycles. The summed E-state index contributed by atoms with van der Waals surface area (Å²) in [6.45, 7) is 0.111. The van der Waals surface area contributed by atoms with E-state index in [4.69, 9.17) is 27.9 Å². The highest BCUT2D eigenvalue weighted by Crippen LogP contribution is 2.39. The number of ether oxygens (including phenoxy) is 1. The van der Waals surface area contributed by atoms with Crippen LogP contribution in [0.2, 0.25) is 10.0 Å². The van der Waals surface area contributed by atoms with Crippen molar-refractivity contribution in [1.82, 2.24) is 4.90 Å². The predicted octanol–water partition coefficient (Wildman–Crippen LogP) is 6.95. The standard InChI is InChI=1S/C24H16Cl2FNO3S/c25-18-10-17(22(19(26)12-18)31-14-15-6-2-1-3-7-15)11-21-23(29)28(24(30)32-21)13-16-8-4-5-9-20(16)27/h1-12H,13-14H2/b21-11-. The number of rotatable bonds is 6. The van der Waals surface area contributed by atoms with Crippen LogP contribution in [0, 0.1) is 5.82 Å². The van der Waals surface area contributed by atoms with Crippen LogP contribution in [0.4, 0.5) is 9.18 Å². The molecule has 1 fully saturated rings. The van der Waals surface area contributed by atoms with Crippen LogP contribution in [-0.4, -0.2) is 16.0 Å². The van der Waals surface area contributed by atoms with E-state index in [1.165, 1.54) is 18.2 Å². The average Bonchev–Trinajstić information content (AvgIpc) is 3.02. The number of benzene rings is 3. The first-order chi connectivity index (χ1) is 15.4. The molecule has 0 unspecified atom stereocenters. The summed E-state index contributed by atoms with van der Waals surface area (Å²) in [4.78, 5) is 26.5. The Labute approximate surface area is 198 Å². The number of nitrogens with zero attached hydrogens (tertiary/aromatic N) is 1. The molecule has 0 radical (unpaired) electrons. The van der Waals surface area contributed by atoms with Gasteiger partial charge in [0.1, 0.15) is 18.2 Å². The first-order valence-corrected chi connectivity index (χ1v) is 11.1. The molecule has 1 aliphatic rings. The molecule has 1 aliphatic heterocycles. The highest BCUT2D eigenvalue weighted by molar-refractivity contribution is 8.18. The quantitative estimate of drug-likeness (QED) is 0.353. The zero-order valence-electron chi connectivity index (χ0n) is 16.6. The predicted molar refractivity (Wildman–Crippen MR) is 125 cm³/mol. The van der Waals surface area contributed by atoms with Gasteiger partial charge >= 0.3 is 0 Å². The van der Waals surface area contributed by atoms with Crippen LogP contribution >= 0.6 is 35.0 Å². The van der Waals surface area contributed by atoms with Crippen molar-refractivity contribution < 1.29 is 18.7 Å². The van der Waals surface area contributed by atoms with Crippen molar-refractivity contribution in [3.63, 3.8) is 0 Å². The Morgan fingerprint density at radius 2 is 1.72 bits per heavy atom. The number of carbonyl (C=O) groups is 2.